The molecule has 0 aromatic carbocycles. The van der Waals surface area contributed by atoms with Crippen LogP contribution in [0.5, 0.6) is 0 Å². The quantitative estimate of drug-likeness (QED) is 0.460. The Balaban J connectivity index is 1.58. The van der Waals surface area contributed by atoms with Gasteiger partial charge in [0.1, 0.15) is 5.82 Å². The molecule has 128 valence electrons. The zero-order valence-corrected chi connectivity index (χ0v) is 13.9. The lowest BCUT2D eigenvalue weighted by Crippen LogP contribution is -2.38. The first-order valence-corrected chi connectivity index (χ1v) is 8.45. The van der Waals surface area contributed by atoms with Crippen LogP contribution in [0.4, 0.5) is 4.39 Å². The Morgan fingerprint density at radius 2 is 2.17 bits per heavy atom. The first kappa shape index (κ1) is 17.7. The van der Waals surface area contributed by atoms with E-state index in [2.05, 4.69) is 20.6 Å². The molecule has 0 spiro atoms. The van der Waals surface area contributed by atoms with Gasteiger partial charge in [0.25, 0.3) is 0 Å². The number of hydrogen-bond acceptors (Lipinski definition) is 3. The van der Waals surface area contributed by atoms with Crippen LogP contribution in [0.1, 0.15) is 44.2 Å². The molecule has 2 N–H and O–H groups in total. The molecule has 1 fully saturated rings. The van der Waals surface area contributed by atoms with Crippen LogP contribution in [-0.4, -0.2) is 37.2 Å². The summed E-state index contributed by atoms with van der Waals surface area (Å²) >= 11 is 0. The number of guanidine groups is 1. The van der Waals surface area contributed by atoms with Gasteiger partial charge in [0, 0.05) is 26.4 Å². The second kappa shape index (κ2) is 10.2. The summed E-state index contributed by atoms with van der Waals surface area (Å²) in [6, 6.07) is 2.99. The summed E-state index contributed by atoms with van der Waals surface area (Å²) in [5, 5.41) is 6.27. The van der Waals surface area contributed by atoms with Crippen LogP contribution in [0.3, 0.4) is 0 Å². The molecule has 1 aromatic rings. The molecule has 0 saturated heterocycles. The zero-order chi connectivity index (χ0) is 16.3. The molecule has 5 nitrogen and oxygen atoms in total. The van der Waals surface area contributed by atoms with E-state index in [-0.39, 0.29) is 5.82 Å². The largest absolute Gasteiger partial charge is 0.378 e. The van der Waals surface area contributed by atoms with Crippen LogP contribution in [0.2, 0.25) is 0 Å². The van der Waals surface area contributed by atoms with E-state index in [4.69, 9.17) is 4.74 Å². The normalized spacial score (nSPS) is 16.3. The van der Waals surface area contributed by atoms with Crippen molar-refractivity contribution in [3.8, 4) is 0 Å². The smallest absolute Gasteiger partial charge is 0.191 e. The third-order valence-electron chi connectivity index (χ3n) is 4.00. The highest BCUT2D eigenvalue weighted by Crippen LogP contribution is 2.20. The molecular formula is C17H27FN4O. The predicted molar refractivity (Wildman–Crippen MR) is 89.8 cm³/mol. The SMILES string of the molecule is CN=C(NCCCOC1CCCCC1)NCc1ncccc1F. The Morgan fingerprint density at radius 1 is 1.35 bits per heavy atom. The van der Waals surface area contributed by atoms with Gasteiger partial charge in [-0.25, -0.2) is 4.39 Å². The third-order valence-corrected chi connectivity index (χ3v) is 4.00. The van der Waals surface area contributed by atoms with Crippen LogP contribution in [0, 0.1) is 5.82 Å². The van der Waals surface area contributed by atoms with E-state index in [9.17, 15) is 4.39 Å². The standard InChI is InChI=1S/C17H27FN4O/c1-19-17(22-13-16-15(18)9-5-10-20-16)21-11-6-12-23-14-7-3-2-4-8-14/h5,9-10,14H,2-4,6-8,11-13H2,1H3,(H2,19,21,22). The van der Waals surface area contributed by atoms with Crippen LogP contribution < -0.4 is 10.6 Å². The lowest BCUT2D eigenvalue weighted by molar-refractivity contribution is 0.0277. The highest BCUT2D eigenvalue weighted by molar-refractivity contribution is 5.79. The molecule has 0 bridgehead atoms. The fraction of sp³-hybridized carbons (Fsp3) is 0.647. The van der Waals surface area contributed by atoms with E-state index >= 15 is 0 Å². The lowest BCUT2D eigenvalue weighted by Gasteiger charge is -2.22. The Kier molecular flexibility index (Phi) is 7.80. The van der Waals surface area contributed by atoms with Crippen LogP contribution in [0.25, 0.3) is 0 Å². The number of halogens is 1. The Bertz CT molecular complexity index is 489. The van der Waals surface area contributed by atoms with Crippen LogP contribution in [0.15, 0.2) is 23.3 Å². The minimum atomic E-state index is -0.309. The molecule has 0 radical (unpaired) electrons. The molecule has 0 aliphatic heterocycles. The van der Waals surface area contributed by atoms with Crippen molar-refractivity contribution in [1.29, 1.82) is 0 Å². The van der Waals surface area contributed by atoms with Gasteiger partial charge in [-0.3, -0.25) is 9.98 Å². The summed E-state index contributed by atoms with van der Waals surface area (Å²) in [7, 11) is 1.70. The van der Waals surface area contributed by atoms with Gasteiger partial charge in [-0.2, -0.15) is 0 Å². The van der Waals surface area contributed by atoms with Gasteiger partial charge in [0.05, 0.1) is 18.3 Å². The van der Waals surface area contributed by atoms with Gasteiger partial charge in [-0.15, -0.1) is 0 Å². The second-order valence-electron chi connectivity index (χ2n) is 5.77. The predicted octanol–water partition coefficient (Wildman–Crippen LogP) is 2.63. The molecule has 2 rings (SSSR count). The van der Waals surface area contributed by atoms with E-state index in [0.717, 1.165) is 19.6 Å². The maximum Gasteiger partial charge on any atom is 0.191 e. The van der Waals surface area contributed by atoms with Crippen LogP contribution >= 0.6 is 0 Å². The van der Waals surface area contributed by atoms with E-state index < -0.39 is 0 Å². The number of aromatic nitrogens is 1. The number of nitrogens with one attached hydrogen (secondary N) is 2. The average molecular weight is 322 g/mol. The summed E-state index contributed by atoms with van der Waals surface area (Å²) in [6.45, 7) is 1.85. The maximum atomic E-state index is 13.5. The zero-order valence-electron chi connectivity index (χ0n) is 13.9. The van der Waals surface area contributed by atoms with Crippen molar-refractivity contribution in [1.82, 2.24) is 15.6 Å². The first-order chi connectivity index (χ1) is 11.3. The molecule has 0 unspecified atom stereocenters. The molecular weight excluding hydrogens is 295 g/mol. The van der Waals surface area contributed by atoms with Gasteiger partial charge in [0.15, 0.2) is 5.96 Å². The molecule has 1 saturated carbocycles. The van der Waals surface area contributed by atoms with E-state index in [1.165, 1.54) is 38.2 Å². The van der Waals surface area contributed by atoms with Gasteiger partial charge in [-0.1, -0.05) is 19.3 Å². The van der Waals surface area contributed by atoms with Crippen molar-refractivity contribution in [3.63, 3.8) is 0 Å². The van der Waals surface area contributed by atoms with Gasteiger partial charge in [0.2, 0.25) is 0 Å². The lowest BCUT2D eigenvalue weighted by atomic mass is 9.98. The molecule has 1 aromatic heterocycles. The summed E-state index contributed by atoms with van der Waals surface area (Å²) in [6.07, 6.45) is 9.30. The summed E-state index contributed by atoms with van der Waals surface area (Å²) in [4.78, 5) is 8.13. The molecule has 1 aliphatic carbocycles. The summed E-state index contributed by atoms with van der Waals surface area (Å²) in [5.41, 5.74) is 0.385. The highest BCUT2D eigenvalue weighted by Gasteiger charge is 2.13. The van der Waals surface area contributed by atoms with Gasteiger partial charge in [-0.05, 0) is 31.4 Å². The van der Waals surface area contributed by atoms with Crippen LogP contribution in [-0.2, 0) is 11.3 Å². The number of ether oxygens (including phenoxy) is 1. The summed E-state index contributed by atoms with van der Waals surface area (Å²) in [5.74, 6) is 0.337. The Labute approximate surface area is 137 Å². The Morgan fingerprint density at radius 3 is 2.91 bits per heavy atom. The molecule has 1 heterocycles. The van der Waals surface area contributed by atoms with Crippen molar-refractivity contribution in [2.75, 3.05) is 20.2 Å². The third kappa shape index (κ3) is 6.52. The number of hydrogen-bond donors (Lipinski definition) is 2. The average Bonchev–Trinajstić information content (AvgIpc) is 2.59. The van der Waals surface area contributed by atoms with Crippen molar-refractivity contribution >= 4 is 5.96 Å². The van der Waals surface area contributed by atoms with Crippen molar-refractivity contribution in [2.45, 2.75) is 51.2 Å². The van der Waals surface area contributed by atoms with Crippen molar-refractivity contribution < 1.29 is 9.13 Å². The molecule has 0 atom stereocenters. The Hall–Kier alpha value is -1.69. The summed E-state index contributed by atoms with van der Waals surface area (Å²) < 4.78 is 19.4. The second-order valence-corrected chi connectivity index (χ2v) is 5.77. The van der Waals surface area contributed by atoms with Gasteiger partial charge < -0.3 is 15.4 Å². The minimum absolute atomic E-state index is 0.309. The molecule has 0 amide bonds. The van der Waals surface area contributed by atoms with Crippen molar-refractivity contribution in [2.24, 2.45) is 4.99 Å². The molecule has 1 aliphatic rings. The first-order valence-electron chi connectivity index (χ1n) is 8.45. The molecule has 6 heteroatoms. The van der Waals surface area contributed by atoms with E-state index in [1.807, 2.05) is 0 Å². The monoisotopic (exact) mass is 322 g/mol. The molecule has 23 heavy (non-hydrogen) atoms. The number of pyridine rings is 1. The highest BCUT2D eigenvalue weighted by atomic mass is 19.1. The fourth-order valence-electron chi connectivity index (χ4n) is 2.70. The number of nitrogens with zero attached hydrogens (tertiary/aromatic N) is 2. The topological polar surface area (TPSA) is 58.5 Å². The van der Waals surface area contributed by atoms with E-state index in [0.29, 0.717) is 24.3 Å². The van der Waals surface area contributed by atoms with Crippen molar-refractivity contribution in [3.05, 3.63) is 29.8 Å². The van der Waals surface area contributed by atoms with E-state index in [1.54, 1.807) is 19.3 Å². The minimum Gasteiger partial charge on any atom is -0.378 e. The number of aliphatic imine (C=N–C) groups is 1. The maximum absolute atomic E-state index is 13.5. The van der Waals surface area contributed by atoms with Gasteiger partial charge >= 0.3 is 0 Å². The number of rotatable bonds is 7. The fourth-order valence-corrected chi connectivity index (χ4v) is 2.70.